The highest BCUT2D eigenvalue weighted by Crippen LogP contribution is 2.26. The number of nitrogens with one attached hydrogen (secondary N) is 2. The summed E-state index contributed by atoms with van der Waals surface area (Å²) in [5, 5.41) is 9.03. The summed E-state index contributed by atoms with van der Waals surface area (Å²) in [6.07, 6.45) is 0. The maximum Gasteiger partial charge on any atom is 0.273 e. The fourth-order valence-corrected chi connectivity index (χ4v) is 1.65. The SMILES string of the molecule is CCOc1cc(C)ccc1NC(=O)c1cc(N)n[nH]1. The number of nitrogen functional groups attached to an aromatic ring is 1. The van der Waals surface area contributed by atoms with Crippen LogP contribution in [0.15, 0.2) is 24.3 Å². The molecule has 0 radical (unpaired) electrons. The Labute approximate surface area is 111 Å². The average Bonchev–Trinajstić information content (AvgIpc) is 2.80. The van der Waals surface area contributed by atoms with Gasteiger partial charge < -0.3 is 15.8 Å². The number of aromatic nitrogens is 2. The molecule has 4 N–H and O–H groups in total. The molecule has 0 aliphatic rings. The Kier molecular flexibility index (Phi) is 3.70. The first-order valence-electron chi connectivity index (χ1n) is 5.96. The van der Waals surface area contributed by atoms with Crippen molar-refractivity contribution >= 4 is 17.4 Å². The van der Waals surface area contributed by atoms with E-state index in [1.165, 1.54) is 6.07 Å². The second-order valence-electron chi connectivity index (χ2n) is 4.09. The number of aromatic amines is 1. The van der Waals surface area contributed by atoms with Crippen molar-refractivity contribution in [3.63, 3.8) is 0 Å². The van der Waals surface area contributed by atoms with Crippen LogP contribution in [0.2, 0.25) is 0 Å². The van der Waals surface area contributed by atoms with Crippen LogP contribution in [0.1, 0.15) is 23.0 Å². The van der Waals surface area contributed by atoms with Crippen LogP contribution < -0.4 is 15.8 Å². The minimum absolute atomic E-state index is 0.277. The molecule has 2 rings (SSSR count). The topological polar surface area (TPSA) is 93.0 Å². The first kappa shape index (κ1) is 12.9. The zero-order chi connectivity index (χ0) is 13.8. The van der Waals surface area contributed by atoms with Crippen LogP contribution in [0, 0.1) is 6.92 Å². The van der Waals surface area contributed by atoms with Crippen molar-refractivity contribution < 1.29 is 9.53 Å². The van der Waals surface area contributed by atoms with Crippen molar-refractivity contribution in [3.8, 4) is 5.75 Å². The molecule has 0 fully saturated rings. The van der Waals surface area contributed by atoms with Crippen molar-refractivity contribution in [1.29, 1.82) is 0 Å². The van der Waals surface area contributed by atoms with Crippen LogP contribution in [-0.4, -0.2) is 22.7 Å². The van der Waals surface area contributed by atoms with Crippen LogP contribution in [0.4, 0.5) is 11.5 Å². The number of benzene rings is 1. The molecule has 19 heavy (non-hydrogen) atoms. The number of ether oxygens (including phenoxy) is 1. The van der Waals surface area contributed by atoms with Gasteiger partial charge >= 0.3 is 0 Å². The first-order valence-corrected chi connectivity index (χ1v) is 5.96. The molecule has 1 amide bonds. The van der Waals surface area contributed by atoms with E-state index in [9.17, 15) is 4.79 Å². The summed E-state index contributed by atoms with van der Waals surface area (Å²) in [5.41, 5.74) is 7.44. The lowest BCUT2D eigenvalue weighted by molar-refractivity contribution is 0.102. The molecule has 0 aliphatic heterocycles. The summed E-state index contributed by atoms with van der Waals surface area (Å²) in [6.45, 7) is 4.39. The third-order valence-corrected chi connectivity index (χ3v) is 2.53. The smallest absolute Gasteiger partial charge is 0.273 e. The molecule has 0 unspecified atom stereocenters. The van der Waals surface area contributed by atoms with E-state index < -0.39 is 0 Å². The molecule has 1 heterocycles. The summed E-state index contributed by atoms with van der Waals surface area (Å²) in [6, 6.07) is 7.06. The second-order valence-corrected chi connectivity index (χ2v) is 4.09. The summed E-state index contributed by atoms with van der Waals surface area (Å²) in [4.78, 5) is 12.0. The number of H-pyrrole nitrogens is 1. The van der Waals surface area contributed by atoms with Gasteiger partial charge in [-0.1, -0.05) is 6.07 Å². The summed E-state index contributed by atoms with van der Waals surface area (Å²) in [7, 11) is 0. The van der Waals surface area contributed by atoms with Gasteiger partial charge in [-0.25, -0.2) is 0 Å². The van der Waals surface area contributed by atoms with Gasteiger partial charge in [-0.05, 0) is 31.5 Å². The van der Waals surface area contributed by atoms with Crippen molar-refractivity contribution in [2.75, 3.05) is 17.7 Å². The zero-order valence-corrected chi connectivity index (χ0v) is 10.9. The van der Waals surface area contributed by atoms with Crippen molar-refractivity contribution in [2.24, 2.45) is 0 Å². The summed E-state index contributed by atoms with van der Waals surface area (Å²) in [5.74, 6) is 0.608. The predicted molar refractivity (Wildman–Crippen MR) is 73.3 cm³/mol. The van der Waals surface area contributed by atoms with E-state index in [4.69, 9.17) is 10.5 Å². The standard InChI is InChI=1S/C13H16N4O2/c1-3-19-11-6-8(2)4-5-9(11)15-13(18)10-7-12(14)17-16-10/h4-7H,3H2,1-2H3,(H,15,18)(H3,14,16,17). The molecule has 6 heteroatoms. The molecule has 100 valence electrons. The Balaban J connectivity index is 2.20. The van der Waals surface area contributed by atoms with Gasteiger partial charge in [-0.3, -0.25) is 9.89 Å². The summed E-state index contributed by atoms with van der Waals surface area (Å²) >= 11 is 0. The Morgan fingerprint density at radius 1 is 1.47 bits per heavy atom. The lowest BCUT2D eigenvalue weighted by Crippen LogP contribution is -2.13. The highest BCUT2D eigenvalue weighted by Gasteiger charge is 2.12. The lowest BCUT2D eigenvalue weighted by Gasteiger charge is -2.11. The molecule has 0 spiro atoms. The molecule has 0 saturated carbocycles. The number of carbonyl (C=O) groups is 1. The minimum Gasteiger partial charge on any atom is -0.492 e. The molecular weight excluding hydrogens is 244 g/mol. The van der Waals surface area contributed by atoms with Gasteiger partial charge in [0.25, 0.3) is 5.91 Å². The highest BCUT2D eigenvalue weighted by atomic mass is 16.5. The van der Waals surface area contributed by atoms with E-state index in [-0.39, 0.29) is 11.7 Å². The molecule has 1 aromatic carbocycles. The van der Waals surface area contributed by atoms with E-state index in [2.05, 4.69) is 15.5 Å². The second kappa shape index (κ2) is 5.43. The van der Waals surface area contributed by atoms with E-state index in [0.717, 1.165) is 5.56 Å². The van der Waals surface area contributed by atoms with Crippen LogP contribution in [0.5, 0.6) is 5.75 Å². The van der Waals surface area contributed by atoms with Gasteiger partial charge in [-0.2, -0.15) is 5.10 Å². The van der Waals surface area contributed by atoms with Crippen molar-refractivity contribution in [2.45, 2.75) is 13.8 Å². The van der Waals surface area contributed by atoms with E-state index in [1.54, 1.807) is 6.07 Å². The van der Waals surface area contributed by atoms with Crippen LogP contribution in [0.25, 0.3) is 0 Å². The number of aryl methyl sites for hydroxylation is 1. The lowest BCUT2D eigenvalue weighted by atomic mass is 10.2. The van der Waals surface area contributed by atoms with E-state index in [1.807, 2.05) is 26.0 Å². The number of carbonyl (C=O) groups excluding carboxylic acids is 1. The van der Waals surface area contributed by atoms with Crippen molar-refractivity contribution in [1.82, 2.24) is 10.2 Å². The fourth-order valence-electron chi connectivity index (χ4n) is 1.65. The number of rotatable bonds is 4. The Morgan fingerprint density at radius 3 is 2.89 bits per heavy atom. The first-order chi connectivity index (χ1) is 9.10. The third-order valence-electron chi connectivity index (χ3n) is 2.53. The molecule has 2 aromatic rings. The average molecular weight is 260 g/mol. The Morgan fingerprint density at radius 2 is 2.26 bits per heavy atom. The Bertz CT molecular complexity index is 592. The van der Waals surface area contributed by atoms with Crippen molar-refractivity contribution in [3.05, 3.63) is 35.5 Å². The fraction of sp³-hybridized carbons (Fsp3) is 0.231. The normalized spacial score (nSPS) is 10.2. The monoisotopic (exact) mass is 260 g/mol. The number of anilines is 2. The number of amides is 1. The van der Waals surface area contributed by atoms with E-state index in [0.29, 0.717) is 23.7 Å². The minimum atomic E-state index is -0.311. The molecule has 1 aromatic heterocycles. The van der Waals surface area contributed by atoms with Gasteiger partial charge in [0, 0.05) is 6.07 Å². The van der Waals surface area contributed by atoms with Gasteiger partial charge in [0.15, 0.2) is 0 Å². The largest absolute Gasteiger partial charge is 0.492 e. The number of nitrogens with zero attached hydrogens (tertiary/aromatic N) is 1. The molecule has 6 nitrogen and oxygen atoms in total. The molecular formula is C13H16N4O2. The summed E-state index contributed by atoms with van der Waals surface area (Å²) < 4.78 is 5.49. The maximum atomic E-state index is 12.0. The predicted octanol–water partition coefficient (Wildman–Crippen LogP) is 1.95. The quantitative estimate of drug-likeness (QED) is 0.783. The van der Waals surface area contributed by atoms with Gasteiger partial charge in [-0.15, -0.1) is 0 Å². The highest BCUT2D eigenvalue weighted by molar-refractivity contribution is 6.04. The Hall–Kier alpha value is -2.50. The van der Waals surface area contributed by atoms with Crippen LogP contribution in [0.3, 0.4) is 0 Å². The third kappa shape index (κ3) is 3.04. The zero-order valence-electron chi connectivity index (χ0n) is 10.9. The van der Waals surface area contributed by atoms with E-state index >= 15 is 0 Å². The number of nitrogens with two attached hydrogens (primary N) is 1. The van der Waals surface area contributed by atoms with Crippen LogP contribution >= 0.6 is 0 Å². The molecule has 0 aliphatic carbocycles. The van der Waals surface area contributed by atoms with Crippen LogP contribution in [-0.2, 0) is 0 Å². The van der Waals surface area contributed by atoms with Gasteiger partial charge in [0.1, 0.15) is 17.3 Å². The molecule has 0 saturated heterocycles. The molecule has 0 bridgehead atoms. The van der Waals surface area contributed by atoms with Gasteiger partial charge in [0.2, 0.25) is 0 Å². The van der Waals surface area contributed by atoms with Gasteiger partial charge in [0.05, 0.1) is 12.3 Å². The maximum absolute atomic E-state index is 12.0. The number of hydrogen-bond acceptors (Lipinski definition) is 4. The number of hydrogen-bond donors (Lipinski definition) is 3. The molecule has 0 atom stereocenters.